The van der Waals surface area contributed by atoms with Crippen LogP contribution in [0.4, 0.5) is 0 Å². The van der Waals surface area contributed by atoms with Crippen LogP contribution in [0.2, 0.25) is 26.7 Å². The van der Waals surface area contributed by atoms with Gasteiger partial charge in [0.15, 0.2) is 8.32 Å². The third-order valence-corrected chi connectivity index (χ3v) is 20.8. The SMILES string of the molecule is CC(=O)OCCC(CCO[Si](C(C)C)(C(C)C)C(C)C)O[Si](Cl)(C(C)(C)C)C(C)(C)C. The molecule has 0 aliphatic rings. The molecule has 0 N–H and O–H groups in total. The lowest BCUT2D eigenvalue weighted by molar-refractivity contribution is -0.141. The van der Waals surface area contributed by atoms with Crippen LogP contribution in [0.5, 0.6) is 0 Å². The number of esters is 1. The van der Waals surface area contributed by atoms with E-state index < -0.39 is 15.9 Å². The summed E-state index contributed by atoms with van der Waals surface area (Å²) in [6, 6.07) is 0. The molecule has 0 rings (SSSR count). The highest BCUT2D eigenvalue weighted by atomic mass is 35.6. The van der Waals surface area contributed by atoms with Crippen molar-refractivity contribution >= 4 is 33.0 Å². The highest BCUT2D eigenvalue weighted by Gasteiger charge is 2.55. The zero-order chi connectivity index (χ0) is 24.8. The van der Waals surface area contributed by atoms with Gasteiger partial charge in [0.1, 0.15) is 0 Å². The molecule has 4 nitrogen and oxygen atoms in total. The summed E-state index contributed by atoms with van der Waals surface area (Å²) in [5, 5.41) is -0.278. The molecule has 0 aromatic rings. The second-order valence-electron chi connectivity index (χ2n) is 11.9. The van der Waals surface area contributed by atoms with Crippen LogP contribution < -0.4 is 0 Å². The summed E-state index contributed by atoms with van der Waals surface area (Å²) in [5.74, 6) is -0.262. The Bertz CT molecular complexity index is 515. The summed E-state index contributed by atoms with van der Waals surface area (Å²) in [5.41, 5.74) is 1.62. The number of carbonyl (C=O) groups excluding carboxylic acids is 1. The average molecular weight is 495 g/mol. The molecule has 0 aromatic carbocycles. The highest BCUT2D eigenvalue weighted by molar-refractivity contribution is 7.19. The van der Waals surface area contributed by atoms with Gasteiger partial charge in [0.05, 0.1) is 12.7 Å². The van der Waals surface area contributed by atoms with Crippen LogP contribution in [-0.4, -0.2) is 41.2 Å². The lowest BCUT2D eigenvalue weighted by atomic mass is 10.2. The van der Waals surface area contributed by atoms with Crippen LogP contribution >= 0.6 is 11.1 Å². The van der Waals surface area contributed by atoms with Crippen LogP contribution in [0.3, 0.4) is 0 Å². The van der Waals surface area contributed by atoms with Crippen molar-refractivity contribution < 1.29 is 18.4 Å². The minimum absolute atomic E-state index is 0.0971. The summed E-state index contributed by atoms with van der Waals surface area (Å²) in [7, 11) is -4.60. The van der Waals surface area contributed by atoms with Gasteiger partial charge in [0, 0.05) is 20.0 Å². The lowest BCUT2D eigenvalue weighted by Crippen LogP contribution is -2.52. The molecule has 0 radical (unpaired) electrons. The molecule has 1 atom stereocenters. The molecule has 0 aromatic heterocycles. The Kier molecular flexibility index (Phi) is 12.0. The van der Waals surface area contributed by atoms with Crippen molar-refractivity contribution in [3.05, 3.63) is 0 Å². The van der Waals surface area contributed by atoms with Gasteiger partial charge in [0.25, 0.3) is 0 Å². The molecule has 0 aliphatic carbocycles. The Morgan fingerprint density at radius 3 is 1.52 bits per heavy atom. The Labute approximate surface area is 200 Å². The molecule has 0 fully saturated rings. The molecular weight excluding hydrogens is 444 g/mol. The molecule has 186 valence electrons. The van der Waals surface area contributed by atoms with Gasteiger partial charge in [-0.2, -0.15) is 0 Å². The maximum Gasteiger partial charge on any atom is 0.302 e. The molecule has 1 unspecified atom stereocenters. The molecule has 0 saturated carbocycles. The zero-order valence-electron chi connectivity index (χ0n) is 22.6. The topological polar surface area (TPSA) is 44.8 Å². The second kappa shape index (κ2) is 12.0. The minimum atomic E-state index is -2.67. The molecule has 0 bridgehead atoms. The van der Waals surface area contributed by atoms with Crippen molar-refractivity contribution in [2.45, 2.75) is 136 Å². The van der Waals surface area contributed by atoms with E-state index in [2.05, 4.69) is 83.1 Å². The standard InChI is InChI=1S/C24H51ClO4Si2/c1-18(2)30(19(3)4,20(5)6)28-17-15-22(14-16-27-21(7)26)29-31(25,23(8,9)10)24(11,12)13/h18-20,22H,14-17H2,1-13H3. The van der Waals surface area contributed by atoms with Gasteiger partial charge in [-0.15, -0.1) is 11.1 Å². The molecule has 0 spiro atoms. The Morgan fingerprint density at radius 1 is 0.806 bits per heavy atom. The van der Waals surface area contributed by atoms with Crippen LogP contribution in [0.15, 0.2) is 0 Å². The van der Waals surface area contributed by atoms with E-state index in [9.17, 15) is 4.79 Å². The van der Waals surface area contributed by atoms with Crippen molar-refractivity contribution in [1.29, 1.82) is 0 Å². The first kappa shape index (κ1) is 31.1. The van der Waals surface area contributed by atoms with E-state index in [0.29, 0.717) is 36.3 Å². The predicted molar refractivity (Wildman–Crippen MR) is 139 cm³/mol. The van der Waals surface area contributed by atoms with Crippen molar-refractivity contribution in [3.8, 4) is 0 Å². The van der Waals surface area contributed by atoms with Gasteiger partial charge in [-0.3, -0.25) is 4.79 Å². The third kappa shape index (κ3) is 8.13. The van der Waals surface area contributed by atoms with Gasteiger partial charge in [-0.05, 0) is 33.1 Å². The first-order chi connectivity index (χ1) is 13.8. The summed E-state index contributed by atoms with van der Waals surface area (Å²) in [6.45, 7) is 29.3. The van der Waals surface area contributed by atoms with Gasteiger partial charge >= 0.3 is 13.6 Å². The van der Waals surface area contributed by atoms with E-state index in [1.165, 1.54) is 6.92 Å². The monoisotopic (exact) mass is 494 g/mol. The molecule has 0 amide bonds. The number of rotatable bonds is 12. The molecule has 0 heterocycles. The lowest BCUT2D eigenvalue weighted by Gasteiger charge is -2.47. The van der Waals surface area contributed by atoms with Crippen molar-refractivity contribution in [3.63, 3.8) is 0 Å². The fraction of sp³-hybridized carbons (Fsp3) is 0.958. The van der Waals surface area contributed by atoms with Gasteiger partial charge in [-0.1, -0.05) is 83.1 Å². The number of carbonyl (C=O) groups is 1. The van der Waals surface area contributed by atoms with Gasteiger partial charge < -0.3 is 13.6 Å². The molecular formula is C24H51ClO4Si2. The number of hydrogen-bond donors (Lipinski definition) is 0. The second-order valence-corrected chi connectivity index (χ2v) is 23.4. The number of ether oxygens (including phenoxy) is 1. The fourth-order valence-electron chi connectivity index (χ4n) is 5.17. The highest BCUT2D eigenvalue weighted by Crippen LogP contribution is 2.54. The smallest absolute Gasteiger partial charge is 0.302 e. The Hall–Kier alpha value is 0.114. The van der Waals surface area contributed by atoms with E-state index in [-0.39, 0.29) is 22.1 Å². The van der Waals surface area contributed by atoms with E-state index in [4.69, 9.17) is 24.7 Å². The van der Waals surface area contributed by atoms with Crippen molar-refractivity contribution in [2.75, 3.05) is 13.2 Å². The minimum Gasteiger partial charge on any atom is -0.466 e. The Morgan fingerprint density at radius 2 is 1.19 bits per heavy atom. The normalized spacial score (nSPS) is 15.1. The first-order valence-corrected chi connectivity index (χ1v) is 17.0. The van der Waals surface area contributed by atoms with Crippen LogP contribution in [0.25, 0.3) is 0 Å². The average Bonchev–Trinajstić information content (AvgIpc) is 2.54. The number of hydrogen-bond acceptors (Lipinski definition) is 4. The third-order valence-electron chi connectivity index (χ3n) is 6.50. The van der Waals surface area contributed by atoms with Crippen molar-refractivity contribution in [1.82, 2.24) is 0 Å². The van der Waals surface area contributed by atoms with E-state index in [1.807, 2.05) is 0 Å². The van der Waals surface area contributed by atoms with E-state index in [1.54, 1.807) is 0 Å². The van der Waals surface area contributed by atoms with E-state index in [0.717, 1.165) is 6.42 Å². The number of halogens is 1. The maximum atomic E-state index is 11.3. The molecule has 0 saturated heterocycles. The maximum absolute atomic E-state index is 11.3. The summed E-state index contributed by atoms with van der Waals surface area (Å²) in [4.78, 5) is 11.3. The summed E-state index contributed by atoms with van der Waals surface area (Å²) >= 11 is 7.32. The quantitative estimate of drug-likeness (QED) is 0.156. The van der Waals surface area contributed by atoms with Gasteiger partial charge in [-0.25, -0.2) is 0 Å². The summed E-state index contributed by atoms with van der Waals surface area (Å²) < 4.78 is 18.8. The zero-order valence-corrected chi connectivity index (χ0v) is 25.4. The Balaban J connectivity index is 5.63. The van der Waals surface area contributed by atoms with E-state index >= 15 is 0 Å². The first-order valence-electron chi connectivity index (χ1n) is 12.0. The van der Waals surface area contributed by atoms with Crippen molar-refractivity contribution in [2.24, 2.45) is 0 Å². The molecule has 31 heavy (non-hydrogen) atoms. The predicted octanol–water partition coefficient (Wildman–Crippen LogP) is 8.19. The molecule has 0 aliphatic heterocycles. The molecule has 7 heteroatoms. The van der Waals surface area contributed by atoms with Crippen LogP contribution in [-0.2, 0) is 18.4 Å². The van der Waals surface area contributed by atoms with Crippen LogP contribution in [0, 0.1) is 0 Å². The van der Waals surface area contributed by atoms with Gasteiger partial charge in [0.2, 0.25) is 0 Å². The van der Waals surface area contributed by atoms with Crippen LogP contribution in [0.1, 0.15) is 103 Å². The summed E-state index contributed by atoms with van der Waals surface area (Å²) in [6.07, 6.45) is 1.30. The largest absolute Gasteiger partial charge is 0.466 e. The fourth-order valence-corrected chi connectivity index (χ4v) is 14.7.